The highest BCUT2D eigenvalue weighted by Crippen LogP contribution is 2.25. The standard InChI is InChI=1S/C13H17ClN6O/c1-19(9-5-2-3-6-10(9)21)12-16-11(14)17-13(18-12)20-8-4-7-15-20/h4,7-10,21H,2-3,5-6H2,1H3. The van der Waals surface area contributed by atoms with Gasteiger partial charge in [0.25, 0.3) is 5.95 Å². The Bertz CT molecular complexity index is 605. The van der Waals surface area contributed by atoms with Crippen LogP contribution in [-0.4, -0.2) is 49.0 Å². The van der Waals surface area contributed by atoms with Gasteiger partial charge in [-0.1, -0.05) is 12.8 Å². The number of hydrogen-bond acceptors (Lipinski definition) is 6. The third kappa shape index (κ3) is 2.98. The summed E-state index contributed by atoms with van der Waals surface area (Å²) in [4.78, 5) is 14.5. The first-order valence-electron chi connectivity index (χ1n) is 6.97. The monoisotopic (exact) mass is 308 g/mol. The van der Waals surface area contributed by atoms with Crippen LogP contribution in [0.1, 0.15) is 25.7 Å². The summed E-state index contributed by atoms with van der Waals surface area (Å²) >= 11 is 5.99. The second kappa shape index (κ2) is 5.95. The first kappa shape index (κ1) is 14.2. The normalized spacial score (nSPS) is 22.2. The Morgan fingerprint density at radius 3 is 2.81 bits per heavy atom. The zero-order valence-electron chi connectivity index (χ0n) is 11.7. The highest BCUT2D eigenvalue weighted by Gasteiger charge is 2.28. The molecule has 2 atom stereocenters. The second-order valence-corrected chi connectivity index (χ2v) is 5.52. The summed E-state index contributed by atoms with van der Waals surface area (Å²) in [5.41, 5.74) is 0. The van der Waals surface area contributed by atoms with E-state index in [1.165, 1.54) is 4.68 Å². The summed E-state index contributed by atoms with van der Waals surface area (Å²) in [6.45, 7) is 0. The van der Waals surface area contributed by atoms with E-state index in [2.05, 4.69) is 20.1 Å². The van der Waals surface area contributed by atoms with Crippen molar-refractivity contribution in [2.45, 2.75) is 37.8 Å². The Labute approximate surface area is 127 Å². The molecule has 0 aromatic carbocycles. The fourth-order valence-electron chi connectivity index (χ4n) is 2.67. The average molecular weight is 309 g/mol. The van der Waals surface area contributed by atoms with Crippen LogP contribution in [0.4, 0.5) is 5.95 Å². The van der Waals surface area contributed by atoms with Gasteiger partial charge in [0, 0.05) is 19.4 Å². The molecule has 7 nitrogen and oxygen atoms in total. The lowest BCUT2D eigenvalue weighted by atomic mass is 9.92. The van der Waals surface area contributed by atoms with E-state index < -0.39 is 0 Å². The summed E-state index contributed by atoms with van der Waals surface area (Å²) < 4.78 is 1.53. The van der Waals surface area contributed by atoms with Gasteiger partial charge in [0.05, 0.1) is 12.1 Å². The van der Waals surface area contributed by atoms with Gasteiger partial charge < -0.3 is 10.0 Å². The minimum Gasteiger partial charge on any atom is -0.391 e. The van der Waals surface area contributed by atoms with Gasteiger partial charge in [-0.3, -0.25) is 0 Å². The van der Waals surface area contributed by atoms with E-state index in [1.807, 2.05) is 11.9 Å². The molecule has 0 amide bonds. The van der Waals surface area contributed by atoms with Gasteiger partial charge in [-0.05, 0) is 30.5 Å². The number of aromatic nitrogens is 5. The maximum Gasteiger partial charge on any atom is 0.256 e. The second-order valence-electron chi connectivity index (χ2n) is 5.19. The molecule has 21 heavy (non-hydrogen) atoms. The fraction of sp³-hybridized carbons (Fsp3) is 0.538. The molecule has 2 aromatic heterocycles. The summed E-state index contributed by atoms with van der Waals surface area (Å²) in [6, 6.07) is 1.79. The zero-order chi connectivity index (χ0) is 14.8. The van der Waals surface area contributed by atoms with E-state index in [9.17, 15) is 5.11 Å². The Morgan fingerprint density at radius 2 is 2.10 bits per heavy atom. The number of likely N-dealkylation sites (N-methyl/N-ethyl adjacent to an activating group) is 1. The van der Waals surface area contributed by atoms with Crippen molar-refractivity contribution in [3.8, 4) is 5.95 Å². The van der Waals surface area contributed by atoms with Crippen LogP contribution in [0.2, 0.25) is 5.28 Å². The van der Waals surface area contributed by atoms with Crippen molar-refractivity contribution in [2.24, 2.45) is 0 Å². The maximum absolute atomic E-state index is 10.2. The molecule has 1 saturated carbocycles. The van der Waals surface area contributed by atoms with Gasteiger partial charge >= 0.3 is 0 Å². The van der Waals surface area contributed by atoms with Gasteiger partial charge in [0.15, 0.2) is 0 Å². The number of rotatable bonds is 3. The fourth-order valence-corrected chi connectivity index (χ4v) is 2.82. The molecule has 0 radical (unpaired) electrons. The molecule has 112 valence electrons. The highest BCUT2D eigenvalue weighted by atomic mass is 35.5. The molecular formula is C13H17ClN6O. The largest absolute Gasteiger partial charge is 0.391 e. The molecule has 1 aliphatic rings. The summed E-state index contributed by atoms with van der Waals surface area (Å²) in [5, 5.41) is 14.4. The van der Waals surface area contributed by atoms with Crippen LogP contribution >= 0.6 is 11.6 Å². The lowest BCUT2D eigenvalue weighted by Crippen LogP contribution is -2.44. The Balaban J connectivity index is 1.91. The van der Waals surface area contributed by atoms with Crippen LogP contribution in [0, 0.1) is 0 Å². The van der Waals surface area contributed by atoms with Crippen molar-refractivity contribution in [3.05, 3.63) is 23.7 Å². The van der Waals surface area contributed by atoms with Crippen LogP contribution < -0.4 is 4.90 Å². The molecule has 0 bridgehead atoms. The Kier molecular flexibility index (Phi) is 4.03. The van der Waals surface area contributed by atoms with Crippen LogP contribution in [-0.2, 0) is 0 Å². The molecule has 1 N–H and O–H groups in total. The number of halogens is 1. The van der Waals surface area contributed by atoms with Crippen molar-refractivity contribution in [1.29, 1.82) is 0 Å². The highest BCUT2D eigenvalue weighted by molar-refractivity contribution is 6.28. The number of anilines is 1. The van der Waals surface area contributed by atoms with E-state index in [1.54, 1.807) is 18.5 Å². The van der Waals surface area contributed by atoms with Crippen LogP contribution in [0.25, 0.3) is 5.95 Å². The molecule has 0 aliphatic heterocycles. The Morgan fingerprint density at radius 1 is 1.29 bits per heavy atom. The van der Waals surface area contributed by atoms with E-state index in [0.717, 1.165) is 25.7 Å². The van der Waals surface area contributed by atoms with E-state index in [4.69, 9.17) is 11.6 Å². The average Bonchev–Trinajstić information content (AvgIpc) is 3.01. The number of aliphatic hydroxyl groups excluding tert-OH is 1. The number of nitrogens with zero attached hydrogens (tertiary/aromatic N) is 6. The predicted molar refractivity (Wildman–Crippen MR) is 78.6 cm³/mol. The first-order valence-corrected chi connectivity index (χ1v) is 7.35. The number of hydrogen-bond donors (Lipinski definition) is 1. The van der Waals surface area contributed by atoms with Crippen LogP contribution in [0.15, 0.2) is 18.5 Å². The first-order chi connectivity index (χ1) is 10.1. The molecule has 1 fully saturated rings. The SMILES string of the molecule is CN(c1nc(Cl)nc(-n2cccn2)n1)C1CCCCC1O. The van der Waals surface area contributed by atoms with Crippen LogP contribution in [0.3, 0.4) is 0 Å². The molecule has 2 aromatic rings. The summed E-state index contributed by atoms with van der Waals surface area (Å²) in [6.07, 6.45) is 6.89. The lowest BCUT2D eigenvalue weighted by molar-refractivity contribution is 0.105. The minimum absolute atomic E-state index is 0.00249. The van der Waals surface area contributed by atoms with Gasteiger partial charge in [0.1, 0.15) is 0 Å². The van der Waals surface area contributed by atoms with Gasteiger partial charge in [-0.2, -0.15) is 20.1 Å². The smallest absolute Gasteiger partial charge is 0.256 e. The van der Waals surface area contributed by atoms with E-state index in [0.29, 0.717) is 11.9 Å². The molecule has 3 rings (SSSR count). The van der Waals surface area contributed by atoms with Crippen molar-refractivity contribution < 1.29 is 5.11 Å². The molecule has 0 saturated heterocycles. The molecule has 1 aliphatic carbocycles. The van der Waals surface area contributed by atoms with Gasteiger partial charge in [-0.15, -0.1) is 0 Å². The van der Waals surface area contributed by atoms with E-state index in [-0.39, 0.29) is 17.4 Å². The molecule has 8 heteroatoms. The quantitative estimate of drug-likeness (QED) is 0.924. The lowest BCUT2D eigenvalue weighted by Gasteiger charge is -2.35. The summed E-state index contributed by atoms with van der Waals surface area (Å²) in [5.74, 6) is 0.818. The maximum atomic E-state index is 10.2. The third-order valence-electron chi connectivity index (χ3n) is 3.80. The molecule has 2 heterocycles. The van der Waals surface area contributed by atoms with Crippen molar-refractivity contribution in [3.63, 3.8) is 0 Å². The van der Waals surface area contributed by atoms with Gasteiger partial charge in [0.2, 0.25) is 11.2 Å². The molecule has 0 spiro atoms. The van der Waals surface area contributed by atoms with E-state index >= 15 is 0 Å². The Hall–Kier alpha value is -1.73. The van der Waals surface area contributed by atoms with Crippen molar-refractivity contribution in [2.75, 3.05) is 11.9 Å². The summed E-state index contributed by atoms with van der Waals surface area (Å²) in [7, 11) is 1.87. The van der Waals surface area contributed by atoms with Gasteiger partial charge in [-0.25, -0.2) is 4.68 Å². The third-order valence-corrected chi connectivity index (χ3v) is 3.97. The predicted octanol–water partition coefficient (Wildman–Crippen LogP) is 1.45. The minimum atomic E-state index is -0.368. The zero-order valence-corrected chi connectivity index (χ0v) is 12.5. The molecule has 2 unspecified atom stereocenters. The topological polar surface area (TPSA) is 80.0 Å². The van der Waals surface area contributed by atoms with Crippen molar-refractivity contribution in [1.82, 2.24) is 24.7 Å². The number of aliphatic hydroxyl groups is 1. The van der Waals surface area contributed by atoms with Crippen LogP contribution in [0.5, 0.6) is 0 Å². The van der Waals surface area contributed by atoms with Crippen molar-refractivity contribution >= 4 is 17.5 Å². The molecular weight excluding hydrogens is 292 g/mol.